The third-order valence-electron chi connectivity index (χ3n) is 2.96. The van der Waals surface area contributed by atoms with Crippen LogP contribution in [0.4, 0.5) is 0 Å². The molecule has 0 N–H and O–H groups in total. The summed E-state index contributed by atoms with van der Waals surface area (Å²) in [5.41, 5.74) is 2.55. The topological polar surface area (TPSA) is 0 Å². The SMILES string of the molecule is CC(C)c1ccc(SCc2ccc(Br)cc2Cl)cc1. The third-order valence-corrected chi connectivity index (χ3v) is 4.86. The normalized spacial score (nSPS) is 11.0. The highest BCUT2D eigenvalue weighted by Gasteiger charge is 2.03. The minimum Gasteiger partial charge on any atom is -0.121 e. The van der Waals surface area contributed by atoms with Gasteiger partial charge in [0.05, 0.1) is 0 Å². The molecule has 0 aliphatic heterocycles. The van der Waals surface area contributed by atoms with E-state index >= 15 is 0 Å². The van der Waals surface area contributed by atoms with Crippen molar-refractivity contribution in [1.82, 2.24) is 0 Å². The summed E-state index contributed by atoms with van der Waals surface area (Å²) in [5, 5.41) is 0.820. The summed E-state index contributed by atoms with van der Waals surface area (Å²) in [5.74, 6) is 1.48. The van der Waals surface area contributed by atoms with Gasteiger partial charge in [-0.1, -0.05) is 59.6 Å². The van der Waals surface area contributed by atoms with Crippen molar-refractivity contribution in [2.24, 2.45) is 0 Å². The van der Waals surface area contributed by atoms with Crippen LogP contribution >= 0.6 is 39.3 Å². The van der Waals surface area contributed by atoms with Crippen LogP contribution < -0.4 is 0 Å². The molecule has 0 spiro atoms. The van der Waals surface area contributed by atoms with Crippen LogP contribution in [0, 0.1) is 0 Å². The average Bonchev–Trinajstić information content (AvgIpc) is 2.38. The molecule has 0 heterocycles. The molecule has 100 valence electrons. The van der Waals surface area contributed by atoms with Crippen LogP contribution in [0.1, 0.15) is 30.9 Å². The maximum atomic E-state index is 6.22. The maximum Gasteiger partial charge on any atom is 0.0457 e. The van der Waals surface area contributed by atoms with Gasteiger partial charge in [0.15, 0.2) is 0 Å². The minimum atomic E-state index is 0.583. The standard InChI is InChI=1S/C16H16BrClS/c1-11(2)12-4-7-15(8-5-12)19-10-13-3-6-14(17)9-16(13)18/h3-9,11H,10H2,1-2H3. The highest BCUT2D eigenvalue weighted by molar-refractivity contribution is 9.10. The Labute approximate surface area is 132 Å². The first-order chi connectivity index (χ1) is 9.06. The fourth-order valence-corrected chi connectivity index (χ4v) is 3.47. The summed E-state index contributed by atoms with van der Waals surface area (Å²) < 4.78 is 1.02. The molecule has 0 nitrogen and oxygen atoms in total. The Morgan fingerprint density at radius 1 is 1.11 bits per heavy atom. The summed E-state index contributed by atoms with van der Waals surface area (Å²) >= 11 is 11.5. The second-order valence-corrected chi connectivity index (χ2v) is 7.12. The van der Waals surface area contributed by atoms with Gasteiger partial charge in [-0.3, -0.25) is 0 Å². The Hall–Kier alpha value is -0.440. The van der Waals surface area contributed by atoms with Crippen molar-refractivity contribution in [2.75, 3.05) is 0 Å². The van der Waals surface area contributed by atoms with Crippen molar-refractivity contribution < 1.29 is 0 Å². The second-order valence-electron chi connectivity index (χ2n) is 4.75. The number of halogens is 2. The molecule has 0 bridgehead atoms. The van der Waals surface area contributed by atoms with Gasteiger partial charge in [-0.25, -0.2) is 0 Å². The van der Waals surface area contributed by atoms with E-state index in [9.17, 15) is 0 Å². The lowest BCUT2D eigenvalue weighted by Gasteiger charge is -2.08. The molecule has 0 aromatic heterocycles. The molecule has 0 amide bonds. The van der Waals surface area contributed by atoms with Crippen molar-refractivity contribution in [3.05, 3.63) is 63.1 Å². The molecule has 2 rings (SSSR count). The van der Waals surface area contributed by atoms with Crippen molar-refractivity contribution in [3.8, 4) is 0 Å². The van der Waals surface area contributed by atoms with E-state index in [4.69, 9.17) is 11.6 Å². The first kappa shape index (κ1) is 15.0. The van der Waals surface area contributed by atoms with Gasteiger partial charge < -0.3 is 0 Å². The van der Waals surface area contributed by atoms with E-state index in [1.54, 1.807) is 0 Å². The van der Waals surface area contributed by atoms with E-state index in [-0.39, 0.29) is 0 Å². The molecule has 0 radical (unpaired) electrons. The van der Waals surface area contributed by atoms with Crippen LogP contribution in [0.25, 0.3) is 0 Å². The van der Waals surface area contributed by atoms with Gasteiger partial charge in [0.1, 0.15) is 0 Å². The summed E-state index contributed by atoms with van der Waals surface area (Å²) in [7, 11) is 0. The molecule has 0 unspecified atom stereocenters. The van der Waals surface area contributed by atoms with Crippen LogP contribution in [0.5, 0.6) is 0 Å². The van der Waals surface area contributed by atoms with Crippen LogP contribution in [0.15, 0.2) is 51.8 Å². The first-order valence-electron chi connectivity index (χ1n) is 6.23. The lowest BCUT2D eigenvalue weighted by atomic mass is 10.0. The Morgan fingerprint density at radius 3 is 2.37 bits per heavy atom. The van der Waals surface area contributed by atoms with Crippen molar-refractivity contribution in [1.29, 1.82) is 0 Å². The van der Waals surface area contributed by atoms with Gasteiger partial charge in [-0.15, -0.1) is 11.8 Å². The van der Waals surface area contributed by atoms with Gasteiger partial charge in [0, 0.05) is 20.1 Å². The number of hydrogen-bond donors (Lipinski definition) is 0. The highest BCUT2D eigenvalue weighted by Crippen LogP contribution is 2.29. The van der Waals surface area contributed by atoms with Gasteiger partial charge in [-0.2, -0.15) is 0 Å². The number of thioether (sulfide) groups is 1. The second kappa shape index (κ2) is 6.83. The zero-order valence-corrected chi connectivity index (χ0v) is 14.1. The quantitative estimate of drug-likeness (QED) is 0.563. The third kappa shape index (κ3) is 4.27. The van der Waals surface area contributed by atoms with E-state index in [1.165, 1.54) is 16.0 Å². The average molecular weight is 356 g/mol. The largest absolute Gasteiger partial charge is 0.121 e. The Kier molecular flexibility index (Phi) is 5.37. The van der Waals surface area contributed by atoms with Gasteiger partial charge in [0.2, 0.25) is 0 Å². The van der Waals surface area contributed by atoms with E-state index in [1.807, 2.05) is 23.9 Å². The molecule has 2 aromatic carbocycles. The lowest BCUT2D eigenvalue weighted by Crippen LogP contribution is -1.87. The molecule has 2 aromatic rings. The molecule has 0 aliphatic rings. The predicted molar refractivity (Wildman–Crippen MR) is 89.2 cm³/mol. The van der Waals surface area contributed by atoms with Gasteiger partial charge in [-0.05, 0) is 41.3 Å². The first-order valence-corrected chi connectivity index (χ1v) is 8.38. The fraction of sp³-hybridized carbons (Fsp3) is 0.250. The number of benzene rings is 2. The summed E-state index contributed by atoms with van der Waals surface area (Å²) in [6.07, 6.45) is 0. The molecular formula is C16H16BrClS. The van der Waals surface area contributed by atoms with Gasteiger partial charge in [0.25, 0.3) is 0 Å². The zero-order chi connectivity index (χ0) is 13.8. The molecule has 0 saturated carbocycles. The van der Waals surface area contributed by atoms with Crippen molar-refractivity contribution >= 4 is 39.3 Å². The molecule has 19 heavy (non-hydrogen) atoms. The fourth-order valence-electron chi connectivity index (χ4n) is 1.75. The summed E-state index contributed by atoms with van der Waals surface area (Å²) in [4.78, 5) is 1.28. The Morgan fingerprint density at radius 2 is 1.79 bits per heavy atom. The smallest absolute Gasteiger partial charge is 0.0457 e. The van der Waals surface area contributed by atoms with Crippen LogP contribution in [-0.2, 0) is 5.75 Å². The molecule has 0 aliphatic carbocycles. The van der Waals surface area contributed by atoms with Crippen LogP contribution in [0.2, 0.25) is 5.02 Å². The Balaban J connectivity index is 2.02. The molecule has 0 saturated heterocycles. The van der Waals surface area contributed by atoms with Crippen molar-refractivity contribution in [2.45, 2.75) is 30.4 Å². The summed E-state index contributed by atoms with van der Waals surface area (Å²) in [6, 6.07) is 14.8. The molecular weight excluding hydrogens is 340 g/mol. The molecule has 0 fully saturated rings. The van der Waals surface area contributed by atoms with E-state index in [2.05, 4.69) is 60.1 Å². The van der Waals surface area contributed by atoms with E-state index in [0.717, 1.165) is 15.2 Å². The molecule has 0 atom stereocenters. The molecule has 3 heteroatoms. The van der Waals surface area contributed by atoms with Gasteiger partial charge >= 0.3 is 0 Å². The maximum absolute atomic E-state index is 6.22. The van der Waals surface area contributed by atoms with Crippen LogP contribution in [-0.4, -0.2) is 0 Å². The Bertz CT molecular complexity index is 549. The number of hydrogen-bond acceptors (Lipinski definition) is 1. The highest BCUT2D eigenvalue weighted by atomic mass is 79.9. The van der Waals surface area contributed by atoms with E-state index in [0.29, 0.717) is 5.92 Å². The number of rotatable bonds is 4. The zero-order valence-electron chi connectivity index (χ0n) is 11.0. The lowest BCUT2D eigenvalue weighted by molar-refractivity contribution is 0.865. The van der Waals surface area contributed by atoms with Crippen molar-refractivity contribution in [3.63, 3.8) is 0 Å². The predicted octanol–water partition coefficient (Wildman–Crippen LogP) is 6.52. The van der Waals surface area contributed by atoms with Crippen LogP contribution in [0.3, 0.4) is 0 Å². The van der Waals surface area contributed by atoms with E-state index < -0.39 is 0 Å². The summed E-state index contributed by atoms with van der Waals surface area (Å²) in [6.45, 7) is 4.42. The monoisotopic (exact) mass is 354 g/mol. The minimum absolute atomic E-state index is 0.583.